The number of nitrogens with zero attached hydrogens (tertiary/aromatic N) is 2. The van der Waals surface area contributed by atoms with Gasteiger partial charge in [-0.1, -0.05) is 26.2 Å². The van der Waals surface area contributed by atoms with Crippen molar-refractivity contribution in [3.05, 3.63) is 18.0 Å². The molecule has 0 spiro atoms. The first kappa shape index (κ1) is 13.6. The van der Waals surface area contributed by atoms with Crippen LogP contribution >= 0.6 is 0 Å². The third-order valence-electron chi connectivity index (χ3n) is 4.24. The number of hydrogen-bond acceptors (Lipinski definition) is 2. The van der Waals surface area contributed by atoms with Crippen molar-refractivity contribution in [2.75, 3.05) is 6.54 Å². The summed E-state index contributed by atoms with van der Waals surface area (Å²) >= 11 is 0. The van der Waals surface area contributed by atoms with Crippen molar-refractivity contribution < 1.29 is 0 Å². The van der Waals surface area contributed by atoms with Crippen LogP contribution in [0.25, 0.3) is 0 Å². The molecule has 102 valence electrons. The van der Waals surface area contributed by atoms with E-state index in [2.05, 4.69) is 23.5 Å². The van der Waals surface area contributed by atoms with Gasteiger partial charge in [-0.25, -0.2) is 0 Å². The first-order chi connectivity index (χ1) is 8.79. The Morgan fingerprint density at radius 2 is 2.17 bits per heavy atom. The lowest BCUT2D eigenvalue weighted by molar-refractivity contribution is 0.264. The highest BCUT2D eigenvalue weighted by Gasteiger charge is 2.21. The van der Waals surface area contributed by atoms with E-state index in [4.69, 9.17) is 0 Å². The van der Waals surface area contributed by atoms with E-state index in [1.165, 1.54) is 44.1 Å². The SMILES string of the molecule is CCC(NCCc1cnn(C)c1)C1CCCCC1. The van der Waals surface area contributed by atoms with Gasteiger partial charge in [0, 0.05) is 19.3 Å². The molecule has 0 aliphatic heterocycles. The summed E-state index contributed by atoms with van der Waals surface area (Å²) in [7, 11) is 1.98. The molecule has 1 aliphatic carbocycles. The van der Waals surface area contributed by atoms with Gasteiger partial charge < -0.3 is 5.32 Å². The summed E-state index contributed by atoms with van der Waals surface area (Å²) in [6.45, 7) is 3.40. The zero-order chi connectivity index (χ0) is 12.8. The molecular formula is C15H27N3. The van der Waals surface area contributed by atoms with Crippen molar-refractivity contribution in [1.29, 1.82) is 0 Å². The molecule has 0 aromatic carbocycles. The molecule has 1 unspecified atom stereocenters. The van der Waals surface area contributed by atoms with Crippen molar-refractivity contribution >= 4 is 0 Å². The second kappa shape index (κ2) is 6.93. The Bertz CT molecular complexity index is 339. The number of aromatic nitrogens is 2. The minimum atomic E-state index is 0.724. The van der Waals surface area contributed by atoms with E-state index in [-0.39, 0.29) is 0 Å². The van der Waals surface area contributed by atoms with Crippen LogP contribution in [-0.4, -0.2) is 22.4 Å². The molecule has 0 bridgehead atoms. The number of rotatable bonds is 6. The molecule has 18 heavy (non-hydrogen) atoms. The first-order valence-electron chi connectivity index (χ1n) is 7.50. The van der Waals surface area contributed by atoms with Crippen LogP contribution in [0.3, 0.4) is 0 Å². The maximum absolute atomic E-state index is 4.21. The van der Waals surface area contributed by atoms with Crippen molar-refractivity contribution in [3.8, 4) is 0 Å². The predicted octanol–water partition coefficient (Wildman–Crippen LogP) is 2.91. The lowest BCUT2D eigenvalue weighted by Crippen LogP contribution is -2.37. The summed E-state index contributed by atoms with van der Waals surface area (Å²) < 4.78 is 1.88. The minimum Gasteiger partial charge on any atom is -0.313 e. The second-order valence-corrected chi connectivity index (χ2v) is 5.64. The number of aryl methyl sites for hydroxylation is 1. The van der Waals surface area contributed by atoms with E-state index < -0.39 is 0 Å². The van der Waals surface area contributed by atoms with Gasteiger partial charge in [-0.3, -0.25) is 4.68 Å². The molecule has 1 aromatic rings. The van der Waals surface area contributed by atoms with Gasteiger partial charge in [-0.05, 0) is 43.7 Å². The lowest BCUT2D eigenvalue weighted by Gasteiger charge is -2.30. The Morgan fingerprint density at radius 1 is 1.39 bits per heavy atom. The fourth-order valence-electron chi connectivity index (χ4n) is 3.18. The van der Waals surface area contributed by atoms with Crippen LogP contribution in [0.4, 0.5) is 0 Å². The molecule has 1 fully saturated rings. The molecule has 1 N–H and O–H groups in total. The summed E-state index contributed by atoms with van der Waals surface area (Å²) in [6, 6.07) is 0.724. The van der Waals surface area contributed by atoms with E-state index in [9.17, 15) is 0 Å². The molecule has 1 heterocycles. The van der Waals surface area contributed by atoms with Gasteiger partial charge in [0.1, 0.15) is 0 Å². The predicted molar refractivity (Wildman–Crippen MR) is 75.6 cm³/mol. The van der Waals surface area contributed by atoms with Crippen LogP contribution in [0.1, 0.15) is 51.0 Å². The average molecular weight is 249 g/mol. The Balaban J connectivity index is 1.73. The van der Waals surface area contributed by atoms with Crippen molar-refractivity contribution in [3.63, 3.8) is 0 Å². The number of hydrogen-bond donors (Lipinski definition) is 1. The largest absolute Gasteiger partial charge is 0.313 e. The fraction of sp³-hybridized carbons (Fsp3) is 0.800. The Kier molecular flexibility index (Phi) is 5.24. The van der Waals surface area contributed by atoms with Gasteiger partial charge in [0.05, 0.1) is 6.20 Å². The monoisotopic (exact) mass is 249 g/mol. The second-order valence-electron chi connectivity index (χ2n) is 5.64. The normalized spacial score (nSPS) is 19.0. The molecule has 1 atom stereocenters. The summed E-state index contributed by atoms with van der Waals surface area (Å²) in [6.07, 6.45) is 13.6. The van der Waals surface area contributed by atoms with Gasteiger partial charge in [0.15, 0.2) is 0 Å². The highest BCUT2D eigenvalue weighted by Crippen LogP contribution is 2.27. The Labute approximate surface area is 111 Å². The third kappa shape index (κ3) is 3.84. The molecule has 3 heteroatoms. The fourth-order valence-corrected chi connectivity index (χ4v) is 3.18. The van der Waals surface area contributed by atoms with Gasteiger partial charge in [0.25, 0.3) is 0 Å². The lowest BCUT2D eigenvalue weighted by atomic mass is 9.83. The van der Waals surface area contributed by atoms with Crippen LogP contribution < -0.4 is 5.32 Å². The molecule has 0 amide bonds. The number of nitrogens with one attached hydrogen (secondary N) is 1. The molecular weight excluding hydrogens is 222 g/mol. The van der Waals surface area contributed by atoms with Gasteiger partial charge >= 0.3 is 0 Å². The van der Waals surface area contributed by atoms with Crippen molar-refractivity contribution in [2.45, 2.75) is 57.9 Å². The molecule has 1 saturated carbocycles. The van der Waals surface area contributed by atoms with E-state index in [0.717, 1.165) is 24.9 Å². The Hall–Kier alpha value is -0.830. The van der Waals surface area contributed by atoms with Crippen LogP contribution in [0.2, 0.25) is 0 Å². The smallest absolute Gasteiger partial charge is 0.0522 e. The summed E-state index contributed by atoms with van der Waals surface area (Å²) in [4.78, 5) is 0. The van der Waals surface area contributed by atoms with E-state index >= 15 is 0 Å². The van der Waals surface area contributed by atoms with E-state index in [1.807, 2.05) is 17.9 Å². The molecule has 1 aliphatic rings. The summed E-state index contributed by atoms with van der Waals surface area (Å²) in [5.41, 5.74) is 1.34. The van der Waals surface area contributed by atoms with Crippen molar-refractivity contribution in [2.24, 2.45) is 13.0 Å². The van der Waals surface area contributed by atoms with Crippen LogP contribution in [-0.2, 0) is 13.5 Å². The summed E-state index contributed by atoms with van der Waals surface area (Å²) in [5.74, 6) is 0.914. The van der Waals surface area contributed by atoms with E-state index in [1.54, 1.807) is 0 Å². The van der Waals surface area contributed by atoms with E-state index in [0.29, 0.717) is 0 Å². The van der Waals surface area contributed by atoms with Gasteiger partial charge in [-0.2, -0.15) is 5.10 Å². The molecule has 0 saturated heterocycles. The van der Waals surface area contributed by atoms with Crippen molar-refractivity contribution in [1.82, 2.24) is 15.1 Å². The maximum atomic E-state index is 4.21. The maximum Gasteiger partial charge on any atom is 0.0522 e. The molecule has 2 rings (SSSR count). The molecule has 0 radical (unpaired) electrons. The standard InChI is InChI=1S/C15H27N3/c1-3-15(14-7-5-4-6-8-14)16-10-9-13-11-17-18(2)12-13/h11-12,14-16H,3-10H2,1-2H3. The summed E-state index contributed by atoms with van der Waals surface area (Å²) in [5, 5.41) is 7.97. The molecule has 3 nitrogen and oxygen atoms in total. The van der Waals surface area contributed by atoms with Gasteiger partial charge in [-0.15, -0.1) is 0 Å². The third-order valence-corrected chi connectivity index (χ3v) is 4.24. The zero-order valence-electron chi connectivity index (χ0n) is 11.9. The van der Waals surface area contributed by atoms with Crippen LogP contribution in [0.5, 0.6) is 0 Å². The van der Waals surface area contributed by atoms with Gasteiger partial charge in [0.2, 0.25) is 0 Å². The minimum absolute atomic E-state index is 0.724. The highest BCUT2D eigenvalue weighted by molar-refractivity contribution is 5.04. The van der Waals surface area contributed by atoms with Crippen LogP contribution in [0, 0.1) is 5.92 Å². The highest BCUT2D eigenvalue weighted by atomic mass is 15.2. The topological polar surface area (TPSA) is 29.9 Å². The zero-order valence-corrected chi connectivity index (χ0v) is 11.9. The quantitative estimate of drug-likeness (QED) is 0.840. The average Bonchev–Trinajstić information content (AvgIpc) is 2.81. The van der Waals surface area contributed by atoms with Crippen LogP contribution in [0.15, 0.2) is 12.4 Å². The first-order valence-corrected chi connectivity index (χ1v) is 7.50. The molecule has 1 aromatic heterocycles. The Morgan fingerprint density at radius 3 is 2.78 bits per heavy atom.